The molecule has 2 heteroatoms. The predicted octanol–water partition coefficient (Wildman–Crippen LogP) is 2.56. The molecule has 0 radical (unpaired) electrons. The molecule has 1 atom stereocenters. The van der Waals surface area contributed by atoms with Gasteiger partial charge in [0.05, 0.1) is 6.61 Å². The van der Waals surface area contributed by atoms with Gasteiger partial charge in [-0.1, -0.05) is 25.7 Å². The molecule has 2 aliphatic rings. The third kappa shape index (κ3) is 2.57. The van der Waals surface area contributed by atoms with E-state index in [1.807, 2.05) is 0 Å². The molecule has 1 saturated carbocycles. The maximum Gasteiger partial charge on any atom is 0.138 e. The normalized spacial score (nSPS) is 28.4. The Bertz CT molecular complexity index is 188. The maximum absolute atomic E-state index is 11.7. The van der Waals surface area contributed by atoms with Crippen LogP contribution >= 0.6 is 0 Å². The lowest BCUT2D eigenvalue weighted by atomic mass is 9.94. The van der Waals surface area contributed by atoms with Gasteiger partial charge in [-0.2, -0.15) is 0 Å². The number of rotatable bonds is 4. The molecule has 1 unspecified atom stereocenters. The van der Waals surface area contributed by atoms with Gasteiger partial charge >= 0.3 is 0 Å². The van der Waals surface area contributed by atoms with Gasteiger partial charge in [-0.3, -0.25) is 4.79 Å². The van der Waals surface area contributed by atoms with Crippen molar-refractivity contribution >= 4 is 5.78 Å². The molecule has 80 valence electrons. The van der Waals surface area contributed by atoms with Gasteiger partial charge in [0.15, 0.2) is 0 Å². The van der Waals surface area contributed by atoms with E-state index in [1.165, 1.54) is 25.7 Å². The molecule has 1 saturated heterocycles. The highest BCUT2D eigenvalue weighted by Gasteiger charge is 2.24. The van der Waals surface area contributed by atoms with Crippen LogP contribution in [0.25, 0.3) is 0 Å². The van der Waals surface area contributed by atoms with Gasteiger partial charge in [-0.15, -0.1) is 0 Å². The summed E-state index contributed by atoms with van der Waals surface area (Å²) in [6.45, 7) is 1.48. The van der Waals surface area contributed by atoms with Gasteiger partial charge < -0.3 is 4.74 Å². The number of ketones is 1. The standard InChI is InChI=1S/C12H20O2/c13-12(11-7-8-14-9-11)6-5-10-3-1-2-4-10/h10-11H,1-9H2. The summed E-state index contributed by atoms with van der Waals surface area (Å²) in [7, 11) is 0. The van der Waals surface area contributed by atoms with E-state index in [1.54, 1.807) is 0 Å². The van der Waals surface area contributed by atoms with Crippen LogP contribution in [0.1, 0.15) is 44.9 Å². The third-order valence-electron chi connectivity index (χ3n) is 3.66. The Morgan fingerprint density at radius 2 is 2.00 bits per heavy atom. The van der Waals surface area contributed by atoms with E-state index in [0.717, 1.165) is 31.8 Å². The first-order chi connectivity index (χ1) is 6.86. The summed E-state index contributed by atoms with van der Waals surface area (Å²) in [6, 6.07) is 0. The number of hydrogen-bond donors (Lipinski definition) is 0. The molecule has 1 heterocycles. The topological polar surface area (TPSA) is 26.3 Å². The summed E-state index contributed by atoms with van der Waals surface area (Å²) >= 11 is 0. The smallest absolute Gasteiger partial charge is 0.138 e. The van der Waals surface area contributed by atoms with E-state index in [9.17, 15) is 4.79 Å². The quantitative estimate of drug-likeness (QED) is 0.690. The first-order valence-corrected chi connectivity index (χ1v) is 5.96. The molecule has 2 rings (SSSR count). The number of Topliss-reactive ketones (excluding diaryl/α,β-unsaturated/α-hetero) is 1. The van der Waals surface area contributed by atoms with Gasteiger partial charge in [-0.05, 0) is 18.8 Å². The highest BCUT2D eigenvalue weighted by atomic mass is 16.5. The van der Waals surface area contributed by atoms with Crippen molar-refractivity contribution in [3.05, 3.63) is 0 Å². The summed E-state index contributed by atoms with van der Waals surface area (Å²) < 4.78 is 5.23. The Balaban J connectivity index is 1.66. The van der Waals surface area contributed by atoms with Crippen LogP contribution in [0, 0.1) is 11.8 Å². The molecule has 1 aliphatic heterocycles. The zero-order valence-corrected chi connectivity index (χ0v) is 8.84. The largest absolute Gasteiger partial charge is 0.381 e. The summed E-state index contributed by atoms with van der Waals surface area (Å²) in [4.78, 5) is 11.7. The predicted molar refractivity (Wildman–Crippen MR) is 55.1 cm³/mol. The van der Waals surface area contributed by atoms with Crippen molar-refractivity contribution < 1.29 is 9.53 Å². The number of carbonyl (C=O) groups excluding carboxylic acids is 1. The molecule has 0 spiro atoms. The van der Waals surface area contributed by atoms with E-state index < -0.39 is 0 Å². The van der Waals surface area contributed by atoms with Gasteiger partial charge in [0.25, 0.3) is 0 Å². The zero-order chi connectivity index (χ0) is 9.80. The molecule has 14 heavy (non-hydrogen) atoms. The van der Waals surface area contributed by atoms with E-state index in [2.05, 4.69) is 0 Å². The second-order valence-electron chi connectivity index (χ2n) is 4.72. The molecule has 0 amide bonds. The SMILES string of the molecule is O=C(CCC1CCCC1)C1CCOC1. The molecule has 0 aromatic carbocycles. The highest BCUT2D eigenvalue weighted by Crippen LogP contribution is 2.29. The minimum Gasteiger partial charge on any atom is -0.381 e. The van der Waals surface area contributed by atoms with E-state index in [4.69, 9.17) is 4.74 Å². The minimum atomic E-state index is 0.233. The molecule has 1 aliphatic carbocycles. The van der Waals surface area contributed by atoms with E-state index in [0.29, 0.717) is 12.4 Å². The zero-order valence-electron chi connectivity index (χ0n) is 8.84. The maximum atomic E-state index is 11.7. The molecule has 0 aromatic rings. The van der Waals surface area contributed by atoms with Crippen LogP contribution in [0.2, 0.25) is 0 Å². The second-order valence-corrected chi connectivity index (χ2v) is 4.72. The van der Waals surface area contributed by atoms with Crippen molar-refractivity contribution in [3.63, 3.8) is 0 Å². The van der Waals surface area contributed by atoms with Crippen LogP contribution in [0.3, 0.4) is 0 Å². The van der Waals surface area contributed by atoms with Crippen LogP contribution < -0.4 is 0 Å². The third-order valence-corrected chi connectivity index (χ3v) is 3.66. The monoisotopic (exact) mass is 196 g/mol. The number of ether oxygens (including phenoxy) is 1. The van der Waals surface area contributed by atoms with Crippen molar-refractivity contribution in [2.45, 2.75) is 44.9 Å². The van der Waals surface area contributed by atoms with Crippen molar-refractivity contribution in [2.24, 2.45) is 11.8 Å². The minimum absolute atomic E-state index is 0.233. The Morgan fingerprint density at radius 3 is 2.64 bits per heavy atom. The molecule has 0 aromatic heterocycles. The average molecular weight is 196 g/mol. The summed E-state index contributed by atoms with van der Waals surface area (Å²) in [5, 5.41) is 0. The van der Waals surface area contributed by atoms with Gasteiger partial charge in [-0.25, -0.2) is 0 Å². The fourth-order valence-corrected chi connectivity index (χ4v) is 2.64. The van der Waals surface area contributed by atoms with E-state index in [-0.39, 0.29) is 5.92 Å². The summed E-state index contributed by atoms with van der Waals surface area (Å²) in [5.41, 5.74) is 0. The fourth-order valence-electron chi connectivity index (χ4n) is 2.64. The van der Waals surface area contributed by atoms with Crippen molar-refractivity contribution in [3.8, 4) is 0 Å². The molecular weight excluding hydrogens is 176 g/mol. The lowest BCUT2D eigenvalue weighted by molar-refractivity contribution is -0.123. The van der Waals surface area contributed by atoms with Crippen LogP contribution in [-0.2, 0) is 9.53 Å². The average Bonchev–Trinajstić information content (AvgIpc) is 2.87. The number of carbonyl (C=O) groups is 1. The summed E-state index contributed by atoms with van der Waals surface area (Å²) in [5.74, 6) is 1.53. The molecule has 0 N–H and O–H groups in total. The first-order valence-electron chi connectivity index (χ1n) is 5.96. The van der Waals surface area contributed by atoms with Crippen LogP contribution in [-0.4, -0.2) is 19.0 Å². The molecular formula is C12H20O2. The molecule has 2 fully saturated rings. The fraction of sp³-hybridized carbons (Fsp3) is 0.917. The van der Waals surface area contributed by atoms with Crippen molar-refractivity contribution in [1.29, 1.82) is 0 Å². The van der Waals surface area contributed by atoms with Crippen LogP contribution in [0.5, 0.6) is 0 Å². The van der Waals surface area contributed by atoms with Crippen LogP contribution in [0.4, 0.5) is 0 Å². The lowest BCUT2D eigenvalue weighted by Gasteiger charge is -2.10. The highest BCUT2D eigenvalue weighted by molar-refractivity contribution is 5.81. The Labute approximate surface area is 86.0 Å². The van der Waals surface area contributed by atoms with Crippen LogP contribution in [0.15, 0.2) is 0 Å². The van der Waals surface area contributed by atoms with E-state index >= 15 is 0 Å². The Hall–Kier alpha value is -0.370. The van der Waals surface area contributed by atoms with Crippen molar-refractivity contribution in [1.82, 2.24) is 0 Å². The second kappa shape index (κ2) is 4.92. The molecule has 0 bridgehead atoms. The molecule has 2 nitrogen and oxygen atoms in total. The first kappa shape index (κ1) is 10.2. The summed E-state index contributed by atoms with van der Waals surface area (Å²) in [6.07, 6.45) is 8.37. The Morgan fingerprint density at radius 1 is 1.21 bits per heavy atom. The van der Waals surface area contributed by atoms with Crippen molar-refractivity contribution in [2.75, 3.05) is 13.2 Å². The number of hydrogen-bond acceptors (Lipinski definition) is 2. The van der Waals surface area contributed by atoms with Gasteiger partial charge in [0, 0.05) is 18.9 Å². The van der Waals surface area contributed by atoms with Gasteiger partial charge in [0.2, 0.25) is 0 Å². The van der Waals surface area contributed by atoms with Gasteiger partial charge in [0.1, 0.15) is 5.78 Å². The Kier molecular flexibility index (Phi) is 3.57. The lowest BCUT2D eigenvalue weighted by Crippen LogP contribution is -2.15.